The Morgan fingerprint density at radius 3 is 2.20 bits per heavy atom. The fraction of sp³-hybridized carbons (Fsp3) is 0.444. The Balaban J connectivity index is 1.49. The topological polar surface area (TPSA) is 46.5 Å². The standard InChI is InChI=1S/C27H30O3/c1-17-9-25(28)24(27-14-19-10-20(15-27)12-21(11-19)16-27)13-23(17)22-6-3-18(4-7-22)5-8-26(29)30-2/h3-9,13,19-21,28H,10-12,14-16H2,1-2H3/b8-5+. The summed E-state index contributed by atoms with van der Waals surface area (Å²) >= 11 is 0. The van der Waals surface area contributed by atoms with Crippen molar-refractivity contribution in [3.8, 4) is 16.9 Å². The summed E-state index contributed by atoms with van der Waals surface area (Å²) in [5.74, 6) is 2.67. The number of aryl methyl sites for hydroxylation is 1. The smallest absolute Gasteiger partial charge is 0.330 e. The van der Waals surface area contributed by atoms with Gasteiger partial charge in [0.1, 0.15) is 5.75 Å². The molecule has 6 rings (SSSR count). The van der Waals surface area contributed by atoms with Gasteiger partial charge in [0.15, 0.2) is 0 Å². The van der Waals surface area contributed by atoms with Crippen LogP contribution in [0.15, 0.2) is 42.5 Å². The van der Waals surface area contributed by atoms with Gasteiger partial charge in [0.2, 0.25) is 0 Å². The molecule has 0 unspecified atom stereocenters. The van der Waals surface area contributed by atoms with Crippen molar-refractivity contribution in [1.29, 1.82) is 0 Å². The van der Waals surface area contributed by atoms with E-state index in [0.29, 0.717) is 5.75 Å². The molecule has 0 aromatic heterocycles. The van der Waals surface area contributed by atoms with Crippen molar-refractivity contribution in [2.45, 2.75) is 50.9 Å². The zero-order valence-electron chi connectivity index (χ0n) is 17.9. The summed E-state index contributed by atoms with van der Waals surface area (Å²) in [5, 5.41) is 11.0. The van der Waals surface area contributed by atoms with Crippen LogP contribution < -0.4 is 0 Å². The number of phenols is 1. The molecule has 0 aliphatic heterocycles. The second-order valence-corrected chi connectivity index (χ2v) is 9.86. The molecule has 0 radical (unpaired) electrons. The highest BCUT2D eigenvalue weighted by molar-refractivity contribution is 5.87. The van der Waals surface area contributed by atoms with Crippen molar-refractivity contribution < 1.29 is 14.6 Å². The van der Waals surface area contributed by atoms with Gasteiger partial charge in [-0.2, -0.15) is 0 Å². The number of methoxy groups -OCH3 is 1. The van der Waals surface area contributed by atoms with Crippen LogP contribution in [0.5, 0.6) is 5.75 Å². The molecular formula is C27H30O3. The van der Waals surface area contributed by atoms with E-state index in [4.69, 9.17) is 0 Å². The maximum atomic E-state index is 11.3. The van der Waals surface area contributed by atoms with Gasteiger partial charge in [0.05, 0.1) is 7.11 Å². The molecule has 2 aromatic carbocycles. The molecule has 3 heteroatoms. The lowest BCUT2D eigenvalue weighted by molar-refractivity contribution is -0.134. The number of carbonyl (C=O) groups excluding carboxylic acids is 1. The number of aromatic hydroxyl groups is 1. The lowest BCUT2D eigenvalue weighted by Gasteiger charge is -2.57. The Labute approximate surface area is 178 Å². The summed E-state index contributed by atoms with van der Waals surface area (Å²) in [5.41, 5.74) is 5.75. The number of esters is 1. The van der Waals surface area contributed by atoms with Crippen molar-refractivity contribution in [1.82, 2.24) is 0 Å². The molecule has 2 aromatic rings. The first kappa shape index (κ1) is 19.4. The highest BCUT2D eigenvalue weighted by atomic mass is 16.5. The van der Waals surface area contributed by atoms with Crippen LogP contribution in [-0.2, 0) is 14.9 Å². The number of benzene rings is 2. The van der Waals surface area contributed by atoms with Crippen molar-refractivity contribution >= 4 is 12.0 Å². The van der Waals surface area contributed by atoms with E-state index in [2.05, 4.69) is 29.9 Å². The van der Waals surface area contributed by atoms with Gasteiger partial charge in [0.25, 0.3) is 0 Å². The number of phenolic OH excluding ortho intramolecular Hbond substituents is 1. The van der Waals surface area contributed by atoms with Gasteiger partial charge in [-0.3, -0.25) is 0 Å². The fourth-order valence-electron chi connectivity index (χ4n) is 6.88. The maximum absolute atomic E-state index is 11.3. The predicted molar refractivity (Wildman–Crippen MR) is 119 cm³/mol. The summed E-state index contributed by atoms with van der Waals surface area (Å²) in [7, 11) is 1.38. The zero-order valence-corrected chi connectivity index (χ0v) is 17.9. The highest BCUT2D eigenvalue weighted by Gasteiger charge is 2.52. The van der Waals surface area contributed by atoms with Crippen LogP contribution in [0.25, 0.3) is 17.2 Å². The van der Waals surface area contributed by atoms with Gasteiger partial charge in [-0.25, -0.2) is 4.79 Å². The first-order valence-electron chi connectivity index (χ1n) is 11.2. The summed E-state index contributed by atoms with van der Waals surface area (Å²) in [6.07, 6.45) is 11.1. The van der Waals surface area contributed by atoms with Gasteiger partial charge < -0.3 is 9.84 Å². The summed E-state index contributed by atoms with van der Waals surface area (Å²) in [6, 6.07) is 12.5. The molecule has 4 fully saturated rings. The number of hydrogen-bond donors (Lipinski definition) is 1. The van der Waals surface area contributed by atoms with Crippen LogP contribution in [0, 0.1) is 24.7 Å². The van der Waals surface area contributed by atoms with Crippen LogP contribution in [0.2, 0.25) is 0 Å². The third kappa shape index (κ3) is 3.34. The summed E-state index contributed by atoms with van der Waals surface area (Å²) in [4.78, 5) is 11.3. The van der Waals surface area contributed by atoms with Crippen LogP contribution in [0.1, 0.15) is 55.2 Å². The van der Waals surface area contributed by atoms with Crippen LogP contribution in [0.4, 0.5) is 0 Å². The Bertz CT molecular complexity index is 964. The molecule has 30 heavy (non-hydrogen) atoms. The zero-order chi connectivity index (χ0) is 20.9. The van der Waals surface area contributed by atoms with E-state index in [1.165, 1.54) is 62.8 Å². The monoisotopic (exact) mass is 402 g/mol. The Kier molecular flexibility index (Phi) is 4.72. The van der Waals surface area contributed by atoms with Crippen molar-refractivity contribution in [3.63, 3.8) is 0 Å². The minimum atomic E-state index is -0.353. The lowest BCUT2D eigenvalue weighted by Crippen LogP contribution is -2.48. The number of ether oxygens (including phenoxy) is 1. The van der Waals surface area contributed by atoms with Crippen molar-refractivity contribution in [3.05, 3.63) is 59.2 Å². The lowest BCUT2D eigenvalue weighted by atomic mass is 9.48. The third-order valence-corrected chi connectivity index (χ3v) is 7.79. The number of carbonyl (C=O) groups is 1. The fourth-order valence-corrected chi connectivity index (χ4v) is 6.88. The van der Waals surface area contributed by atoms with E-state index >= 15 is 0 Å². The van der Waals surface area contributed by atoms with Gasteiger partial charge in [-0.05, 0) is 109 Å². The molecule has 4 saturated carbocycles. The molecule has 0 spiro atoms. The largest absolute Gasteiger partial charge is 0.508 e. The predicted octanol–water partition coefficient (Wildman–Crippen LogP) is 6.02. The Hall–Kier alpha value is -2.55. The number of rotatable bonds is 4. The molecule has 4 bridgehead atoms. The van der Waals surface area contributed by atoms with Gasteiger partial charge in [-0.1, -0.05) is 24.3 Å². The average Bonchev–Trinajstić information content (AvgIpc) is 2.71. The highest BCUT2D eigenvalue weighted by Crippen LogP contribution is 2.62. The second-order valence-electron chi connectivity index (χ2n) is 9.86. The van der Waals surface area contributed by atoms with E-state index in [-0.39, 0.29) is 11.4 Å². The van der Waals surface area contributed by atoms with E-state index in [0.717, 1.165) is 34.4 Å². The van der Waals surface area contributed by atoms with Gasteiger partial charge in [0, 0.05) is 11.6 Å². The minimum Gasteiger partial charge on any atom is -0.508 e. The molecule has 4 aliphatic rings. The molecule has 0 heterocycles. The molecule has 0 atom stereocenters. The number of hydrogen-bond acceptors (Lipinski definition) is 3. The van der Waals surface area contributed by atoms with E-state index in [9.17, 15) is 9.90 Å². The summed E-state index contributed by atoms with van der Waals surface area (Å²) in [6.45, 7) is 2.07. The van der Waals surface area contributed by atoms with E-state index < -0.39 is 0 Å². The first-order valence-corrected chi connectivity index (χ1v) is 11.2. The maximum Gasteiger partial charge on any atom is 0.330 e. The first-order chi connectivity index (χ1) is 14.5. The van der Waals surface area contributed by atoms with Crippen molar-refractivity contribution in [2.75, 3.05) is 7.11 Å². The summed E-state index contributed by atoms with van der Waals surface area (Å²) < 4.78 is 4.66. The van der Waals surface area contributed by atoms with Crippen LogP contribution in [-0.4, -0.2) is 18.2 Å². The molecule has 1 N–H and O–H groups in total. The Morgan fingerprint density at radius 1 is 1.03 bits per heavy atom. The molecule has 0 saturated heterocycles. The van der Waals surface area contributed by atoms with Crippen molar-refractivity contribution in [2.24, 2.45) is 17.8 Å². The SMILES string of the molecule is COC(=O)/C=C/c1ccc(-c2cc(C34CC5CC(CC(C5)C3)C4)c(O)cc2C)cc1. The molecule has 3 nitrogen and oxygen atoms in total. The van der Waals surface area contributed by atoms with E-state index in [1.54, 1.807) is 6.08 Å². The molecule has 0 amide bonds. The second kappa shape index (κ2) is 7.30. The molecule has 4 aliphatic carbocycles. The quantitative estimate of drug-likeness (QED) is 0.502. The average molecular weight is 403 g/mol. The van der Waals surface area contributed by atoms with Crippen LogP contribution >= 0.6 is 0 Å². The Morgan fingerprint density at radius 2 is 1.63 bits per heavy atom. The van der Waals surface area contributed by atoms with Crippen LogP contribution in [0.3, 0.4) is 0 Å². The van der Waals surface area contributed by atoms with E-state index in [1.807, 2.05) is 18.2 Å². The molecule has 156 valence electrons. The molecular weight excluding hydrogens is 372 g/mol. The van der Waals surface area contributed by atoms with Gasteiger partial charge in [-0.15, -0.1) is 0 Å². The normalized spacial score (nSPS) is 29.5. The third-order valence-electron chi connectivity index (χ3n) is 7.79. The minimum absolute atomic E-state index is 0.171. The van der Waals surface area contributed by atoms with Gasteiger partial charge >= 0.3 is 5.97 Å².